The number of carbonyl (C=O) groups is 1. The number of hydrogen-bond acceptors (Lipinski definition) is 4. The Morgan fingerprint density at radius 2 is 1.74 bits per heavy atom. The number of anilines is 2. The van der Waals surface area contributed by atoms with Crippen molar-refractivity contribution in [3.63, 3.8) is 0 Å². The highest BCUT2D eigenvalue weighted by Gasteiger charge is 2.04. The first-order chi connectivity index (χ1) is 11.3. The van der Waals surface area contributed by atoms with Crippen LogP contribution in [0.15, 0.2) is 66.3 Å². The number of amides is 1. The van der Waals surface area contributed by atoms with Crippen LogP contribution in [0, 0.1) is 0 Å². The molecule has 2 aromatic heterocycles. The van der Waals surface area contributed by atoms with E-state index in [-0.39, 0.29) is 5.91 Å². The summed E-state index contributed by atoms with van der Waals surface area (Å²) in [5, 5.41) is 8.23. The normalized spacial score (nSPS) is 10.3. The lowest BCUT2D eigenvalue weighted by atomic mass is 10.2. The van der Waals surface area contributed by atoms with E-state index in [0.717, 1.165) is 22.8 Å². The molecule has 0 radical (unpaired) electrons. The molecule has 23 heavy (non-hydrogen) atoms. The van der Waals surface area contributed by atoms with Crippen molar-refractivity contribution >= 4 is 28.6 Å². The van der Waals surface area contributed by atoms with Crippen LogP contribution in [0.2, 0.25) is 0 Å². The molecule has 0 bridgehead atoms. The van der Waals surface area contributed by atoms with E-state index < -0.39 is 0 Å². The summed E-state index contributed by atoms with van der Waals surface area (Å²) in [6.45, 7) is 0.743. The fourth-order valence-corrected chi connectivity index (χ4v) is 2.86. The molecule has 0 aliphatic carbocycles. The summed E-state index contributed by atoms with van der Waals surface area (Å²) in [7, 11) is 0. The smallest absolute Gasteiger partial charge is 0.229 e. The summed E-state index contributed by atoms with van der Waals surface area (Å²) in [6.07, 6.45) is 3.98. The van der Waals surface area contributed by atoms with Gasteiger partial charge in [0.15, 0.2) is 0 Å². The van der Waals surface area contributed by atoms with Crippen LogP contribution in [0.25, 0.3) is 0 Å². The molecule has 0 saturated heterocycles. The molecular weight excluding hydrogens is 306 g/mol. The van der Waals surface area contributed by atoms with E-state index in [0.29, 0.717) is 6.42 Å². The average molecular weight is 323 g/mol. The van der Waals surface area contributed by atoms with Crippen LogP contribution in [0.5, 0.6) is 0 Å². The largest absolute Gasteiger partial charge is 0.381 e. The van der Waals surface area contributed by atoms with Crippen LogP contribution in [0.3, 0.4) is 0 Å². The van der Waals surface area contributed by atoms with E-state index in [2.05, 4.69) is 15.6 Å². The monoisotopic (exact) mass is 323 g/mol. The predicted octanol–water partition coefficient (Wildman–Crippen LogP) is 3.94. The lowest BCUT2D eigenvalue weighted by Crippen LogP contribution is -2.13. The first-order valence-corrected chi connectivity index (χ1v) is 8.22. The van der Waals surface area contributed by atoms with Crippen molar-refractivity contribution in [1.29, 1.82) is 0 Å². The second kappa shape index (κ2) is 7.56. The van der Waals surface area contributed by atoms with Crippen LogP contribution >= 0.6 is 11.3 Å². The van der Waals surface area contributed by atoms with Crippen molar-refractivity contribution in [3.05, 3.63) is 76.7 Å². The predicted molar refractivity (Wildman–Crippen MR) is 94.7 cm³/mol. The second-order valence-electron chi connectivity index (χ2n) is 5.09. The number of carbonyl (C=O) groups excluding carboxylic acids is 1. The van der Waals surface area contributed by atoms with E-state index >= 15 is 0 Å². The minimum absolute atomic E-state index is 0.00458. The molecule has 1 aromatic carbocycles. The van der Waals surface area contributed by atoms with Gasteiger partial charge in [0, 0.05) is 35.2 Å². The van der Waals surface area contributed by atoms with E-state index in [1.807, 2.05) is 53.9 Å². The van der Waals surface area contributed by atoms with Crippen molar-refractivity contribution in [3.8, 4) is 0 Å². The van der Waals surface area contributed by atoms with Crippen LogP contribution in [0.1, 0.15) is 10.4 Å². The molecule has 0 aliphatic heterocycles. The molecular formula is C18H17N3OS. The number of benzene rings is 1. The molecule has 4 nitrogen and oxygen atoms in total. The Morgan fingerprint density at radius 3 is 2.43 bits per heavy atom. The highest BCUT2D eigenvalue weighted by Crippen LogP contribution is 2.16. The first kappa shape index (κ1) is 15.2. The zero-order chi connectivity index (χ0) is 15.9. The lowest BCUT2D eigenvalue weighted by Gasteiger charge is -2.08. The van der Waals surface area contributed by atoms with Crippen LogP contribution < -0.4 is 10.6 Å². The van der Waals surface area contributed by atoms with Gasteiger partial charge in [-0.2, -0.15) is 0 Å². The molecule has 1 amide bonds. The van der Waals surface area contributed by atoms with Gasteiger partial charge in [0.25, 0.3) is 0 Å². The Hall–Kier alpha value is -2.66. The van der Waals surface area contributed by atoms with E-state index in [1.165, 1.54) is 5.56 Å². The number of nitrogens with zero attached hydrogens (tertiary/aromatic N) is 1. The maximum absolute atomic E-state index is 11.9. The van der Waals surface area contributed by atoms with Gasteiger partial charge >= 0.3 is 0 Å². The van der Waals surface area contributed by atoms with E-state index in [1.54, 1.807) is 23.7 Å². The van der Waals surface area contributed by atoms with Crippen LogP contribution in [0.4, 0.5) is 11.4 Å². The minimum atomic E-state index is 0.00458. The van der Waals surface area contributed by atoms with Crippen molar-refractivity contribution in [2.75, 3.05) is 10.6 Å². The number of aromatic nitrogens is 1. The lowest BCUT2D eigenvalue weighted by molar-refractivity contribution is -0.115. The average Bonchev–Trinajstić information content (AvgIpc) is 3.08. The molecule has 3 rings (SSSR count). The van der Waals surface area contributed by atoms with Gasteiger partial charge in [-0.05, 0) is 53.4 Å². The van der Waals surface area contributed by atoms with E-state index in [9.17, 15) is 4.79 Å². The van der Waals surface area contributed by atoms with Gasteiger partial charge in [-0.1, -0.05) is 6.07 Å². The summed E-state index contributed by atoms with van der Waals surface area (Å²) < 4.78 is 0. The molecule has 0 unspecified atom stereocenters. The zero-order valence-corrected chi connectivity index (χ0v) is 13.3. The van der Waals surface area contributed by atoms with Gasteiger partial charge in [-0.15, -0.1) is 11.3 Å². The zero-order valence-electron chi connectivity index (χ0n) is 12.5. The van der Waals surface area contributed by atoms with Crippen molar-refractivity contribution in [2.24, 2.45) is 0 Å². The summed E-state index contributed by atoms with van der Waals surface area (Å²) in [6, 6.07) is 15.6. The summed E-state index contributed by atoms with van der Waals surface area (Å²) in [4.78, 5) is 17.0. The molecule has 2 N–H and O–H groups in total. The minimum Gasteiger partial charge on any atom is -0.381 e. The number of pyridine rings is 1. The number of nitrogens with one attached hydrogen (secondary N) is 2. The molecule has 5 heteroatoms. The third kappa shape index (κ3) is 4.66. The standard InChI is InChI=1S/C18H17N3OS/c22-18(12-17-2-1-11-23-17)21-16-5-3-15(4-6-16)20-13-14-7-9-19-10-8-14/h1-11,20H,12-13H2,(H,21,22). The third-order valence-corrected chi connectivity index (χ3v) is 4.21. The molecule has 0 fully saturated rings. The van der Waals surface area contributed by atoms with Gasteiger partial charge in [-0.3, -0.25) is 9.78 Å². The maximum Gasteiger partial charge on any atom is 0.229 e. The van der Waals surface area contributed by atoms with Gasteiger partial charge in [-0.25, -0.2) is 0 Å². The van der Waals surface area contributed by atoms with Crippen LogP contribution in [-0.2, 0) is 17.8 Å². The number of rotatable bonds is 6. The van der Waals surface area contributed by atoms with Crippen molar-refractivity contribution < 1.29 is 4.79 Å². The Balaban J connectivity index is 1.51. The fraction of sp³-hybridized carbons (Fsp3) is 0.111. The van der Waals surface area contributed by atoms with Gasteiger partial charge in [0.05, 0.1) is 6.42 Å². The van der Waals surface area contributed by atoms with Crippen LogP contribution in [-0.4, -0.2) is 10.9 Å². The topological polar surface area (TPSA) is 54.0 Å². The molecule has 0 atom stereocenters. The maximum atomic E-state index is 11.9. The molecule has 116 valence electrons. The van der Waals surface area contributed by atoms with Gasteiger partial charge in [0.1, 0.15) is 0 Å². The van der Waals surface area contributed by atoms with Crippen molar-refractivity contribution in [2.45, 2.75) is 13.0 Å². The van der Waals surface area contributed by atoms with Gasteiger partial charge in [0.2, 0.25) is 5.91 Å². The molecule has 0 saturated carbocycles. The summed E-state index contributed by atoms with van der Waals surface area (Å²) in [5.74, 6) is 0.00458. The van der Waals surface area contributed by atoms with Crippen molar-refractivity contribution in [1.82, 2.24) is 4.98 Å². The highest BCUT2D eigenvalue weighted by molar-refractivity contribution is 7.10. The molecule has 3 aromatic rings. The molecule has 2 heterocycles. The number of hydrogen-bond donors (Lipinski definition) is 2. The molecule has 0 spiro atoms. The summed E-state index contributed by atoms with van der Waals surface area (Å²) >= 11 is 1.59. The van der Waals surface area contributed by atoms with E-state index in [4.69, 9.17) is 0 Å². The quantitative estimate of drug-likeness (QED) is 0.722. The third-order valence-electron chi connectivity index (χ3n) is 3.33. The highest BCUT2D eigenvalue weighted by atomic mass is 32.1. The first-order valence-electron chi connectivity index (χ1n) is 7.35. The Morgan fingerprint density at radius 1 is 1.00 bits per heavy atom. The Kier molecular flexibility index (Phi) is 5.01. The Labute approximate surface area is 139 Å². The van der Waals surface area contributed by atoms with Gasteiger partial charge < -0.3 is 10.6 Å². The number of thiophene rings is 1. The second-order valence-corrected chi connectivity index (χ2v) is 6.12. The fourth-order valence-electron chi connectivity index (χ4n) is 2.15. The molecule has 0 aliphatic rings. The SMILES string of the molecule is O=C(Cc1cccs1)Nc1ccc(NCc2ccncc2)cc1. The Bertz CT molecular complexity index is 740. The summed E-state index contributed by atoms with van der Waals surface area (Å²) in [5.41, 5.74) is 2.99.